The van der Waals surface area contributed by atoms with E-state index in [4.69, 9.17) is 6.58 Å². The minimum absolute atomic E-state index is 0.328. The van der Waals surface area contributed by atoms with Crippen LogP contribution in [0.2, 0.25) is 0 Å². The minimum atomic E-state index is 0.328. The van der Waals surface area contributed by atoms with E-state index in [1.807, 2.05) is 13.0 Å². The molecular weight excluding hydrogens is 168 g/mol. The molecule has 0 aromatic carbocycles. The van der Waals surface area contributed by atoms with Crippen molar-refractivity contribution in [1.82, 2.24) is 0 Å². The Morgan fingerprint density at radius 3 is 2.57 bits per heavy atom. The van der Waals surface area contributed by atoms with Gasteiger partial charge in [-0.3, -0.25) is 0 Å². The second-order valence-corrected chi connectivity index (χ2v) is 5.01. The first-order valence-electron chi connectivity index (χ1n) is 5.41. The lowest BCUT2D eigenvalue weighted by Crippen LogP contribution is -2.19. The third kappa shape index (κ3) is 2.60. The Bertz CT molecular complexity index is 287. The summed E-state index contributed by atoms with van der Waals surface area (Å²) in [6.07, 6.45) is 8.07. The van der Waals surface area contributed by atoms with Crippen LogP contribution in [0.5, 0.6) is 0 Å². The lowest BCUT2D eigenvalue weighted by atomic mass is 9.72. The molecule has 0 N–H and O–H groups in total. The normalized spacial score (nSPS) is 21.7. The Labute approximate surface area is 88.4 Å². The first kappa shape index (κ1) is 11.3. The summed E-state index contributed by atoms with van der Waals surface area (Å²) >= 11 is 0. The molecule has 0 aromatic rings. The van der Waals surface area contributed by atoms with Gasteiger partial charge in [-0.05, 0) is 44.1 Å². The predicted molar refractivity (Wildman–Crippen MR) is 63.0 cm³/mol. The summed E-state index contributed by atoms with van der Waals surface area (Å²) < 4.78 is 0. The zero-order chi connectivity index (χ0) is 10.8. The monoisotopic (exact) mass is 189 g/mol. The molecule has 0 saturated carbocycles. The van der Waals surface area contributed by atoms with Gasteiger partial charge in [-0.15, -0.1) is 0 Å². The highest BCUT2D eigenvalue weighted by Crippen LogP contribution is 2.40. The summed E-state index contributed by atoms with van der Waals surface area (Å²) in [6.45, 7) is 14.5. The van der Waals surface area contributed by atoms with Crippen molar-refractivity contribution in [2.45, 2.75) is 47.0 Å². The Balaban J connectivity index is 2.96. The topological polar surface area (TPSA) is 0 Å². The van der Waals surface area contributed by atoms with Crippen LogP contribution in [-0.2, 0) is 0 Å². The molecule has 0 saturated heterocycles. The van der Waals surface area contributed by atoms with Gasteiger partial charge < -0.3 is 0 Å². The molecule has 1 radical (unpaired) electrons. The van der Waals surface area contributed by atoms with Crippen molar-refractivity contribution in [3.05, 3.63) is 35.5 Å². The summed E-state index contributed by atoms with van der Waals surface area (Å²) in [5.41, 5.74) is 4.22. The number of allylic oxidation sites excluding steroid dienone is 5. The van der Waals surface area contributed by atoms with Crippen molar-refractivity contribution in [2.24, 2.45) is 5.41 Å². The van der Waals surface area contributed by atoms with E-state index in [9.17, 15) is 0 Å². The second kappa shape index (κ2) is 4.16. The van der Waals surface area contributed by atoms with E-state index < -0.39 is 0 Å². The molecule has 0 bridgehead atoms. The van der Waals surface area contributed by atoms with Gasteiger partial charge in [0.2, 0.25) is 0 Å². The first-order valence-corrected chi connectivity index (χ1v) is 5.41. The maximum absolute atomic E-state index is 5.65. The van der Waals surface area contributed by atoms with E-state index in [1.54, 1.807) is 0 Å². The quantitative estimate of drug-likeness (QED) is 0.563. The molecule has 0 heteroatoms. The number of hydrogen-bond acceptors (Lipinski definition) is 0. The van der Waals surface area contributed by atoms with Crippen molar-refractivity contribution in [3.63, 3.8) is 0 Å². The fourth-order valence-electron chi connectivity index (χ4n) is 2.23. The van der Waals surface area contributed by atoms with Crippen molar-refractivity contribution in [1.29, 1.82) is 0 Å². The van der Waals surface area contributed by atoms with E-state index in [0.29, 0.717) is 5.41 Å². The molecule has 14 heavy (non-hydrogen) atoms. The zero-order valence-corrected chi connectivity index (χ0v) is 9.85. The standard InChI is InChI=1S/C14H21/c1-11(2)8-9-13-12(3)7-6-10-14(13,4)5/h1,8-9H,6-7,10H2,2-5H3. The van der Waals surface area contributed by atoms with Crippen LogP contribution < -0.4 is 0 Å². The van der Waals surface area contributed by atoms with Crippen molar-refractivity contribution in [3.8, 4) is 0 Å². The molecule has 0 spiro atoms. The summed E-state index contributed by atoms with van der Waals surface area (Å²) in [6, 6.07) is 0. The summed E-state index contributed by atoms with van der Waals surface area (Å²) in [4.78, 5) is 0. The van der Waals surface area contributed by atoms with E-state index in [-0.39, 0.29) is 0 Å². The molecule has 0 atom stereocenters. The van der Waals surface area contributed by atoms with Crippen LogP contribution in [-0.4, -0.2) is 0 Å². The Morgan fingerprint density at radius 1 is 1.43 bits per heavy atom. The molecule has 0 nitrogen and oxygen atoms in total. The van der Waals surface area contributed by atoms with E-state index in [2.05, 4.69) is 26.8 Å². The van der Waals surface area contributed by atoms with Gasteiger partial charge in [0.25, 0.3) is 0 Å². The van der Waals surface area contributed by atoms with Crippen molar-refractivity contribution >= 4 is 0 Å². The molecular formula is C14H21. The van der Waals surface area contributed by atoms with Crippen molar-refractivity contribution in [2.75, 3.05) is 0 Å². The van der Waals surface area contributed by atoms with Gasteiger partial charge in [0, 0.05) is 0 Å². The highest BCUT2D eigenvalue weighted by atomic mass is 14.3. The van der Waals surface area contributed by atoms with Crippen LogP contribution in [0.3, 0.4) is 0 Å². The van der Waals surface area contributed by atoms with Gasteiger partial charge in [-0.1, -0.05) is 43.7 Å². The van der Waals surface area contributed by atoms with Gasteiger partial charge in [-0.2, -0.15) is 0 Å². The third-order valence-corrected chi connectivity index (χ3v) is 3.06. The van der Waals surface area contributed by atoms with Crippen molar-refractivity contribution < 1.29 is 0 Å². The highest BCUT2D eigenvalue weighted by Gasteiger charge is 2.26. The van der Waals surface area contributed by atoms with Gasteiger partial charge in [0.15, 0.2) is 0 Å². The maximum atomic E-state index is 5.65. The molecule has 0 aromatic heterocycles. The summed E-state index contributed by atoms with van der Waals surface area (Å²) in [7, 11) is 0. The molecule has 0 heterocycles. The molecule has 1 aliphatic rings. The smallest absolute Gasteiger partial charge is 0.0104 e. The molecule has 77 valence electrons. The van der Waals surface area contributed by atoms with Crippen LogP contribution in [0.15, 0.2) is 28.9 Å². The molecule has 0 fully saturated rings. The fraction of sp³-hybridized carbons (Fsp3) is 0.571. The van der Waals surface area contributed by atoms with Crippen LogP contribution >= 0.6 is 0 Å². The second-order valence-electron chi connectivity index (χ2n) is 5.01. The Morgan fingerprint density at radius 2 is 2.07 bits per heavy atom. The minimum Gasteiger partial charge on any atom is -0.0696 e. The van der Waals surface area contributed by atoms with Gasteiger partial charge in [-0.25, -0.2) is 0 Å². The fourth-order valence-corrected chi connectivity index (χ4v) is 2.23. The lowest BCUT2D eigenvalue weighted by molar-refractivity contribution is 0.377. The molecule has 1 rings (SSSR count). The molecule has 0 amide bonds. The SMILES string of the molecule is [CH]=C(C)C=CC1=C(C)CCCC1(C)C. The summed E-state index contributed by atoms with van der Waals surface area (Å²) in [5, 5.41) is 0. The van der Waals surface area contributed by atoms with Gasteiger partial charge in [0.1, 0.15) is 0 Å². The largest absolute Gasteiger partial charge is 0.0696 e. The molecule has 1 aliphatic carbocycles. The summed E-state index contributed by atoms with van der Waals surface area (Å²) in [5.74, 6) is 0. The van der Waals surface area contributed by atoms with Gasteiger partial charge >= 0.3 is 0 Å². The van der Waals surface area contributed by atoms with Crippen LogP contribution in [0.1, 0.15) is 47.0 Å². The molecule has 0 aliphatic heterocycles. The van der Waals surface area contributed by atoms with Crippen LogP contribution in [0.4, 0.5) is 0 Å². The Kier molecular flexibility index (Phi) is 3.36. The number of hydrogen-bond donors (Lipinski definition) is 0. The van der Waals surface area contributed by atoms with E-state index in [0.717, 1.165) is 5.57 Å². The zero-order valence-electron chi connectivity index (χ0n) is 9.85. The number of rotatable bonds is 2. The predicted octanol–water partition coefficient (Wildman–Crippen LogP) is 4.45. The molecule has 0 unspecified atom stereocenters. The van der Waals surface area contributed by atoms with Crippen LogP contribution in [0, 0.1) is 12.0 Å². The highest BCUT2D eigenvalue weighted by molar-refractivity contribution is 5.35. The van der Waals surface area contributed by atoms with E-state index >= 15 is 0 Å². The Hall–Kier alpha value is -0.780. The van der Waals surface area contributed by atoms with Gasteiger partial charge in [0.05, 0.1) is 0 Å². The average Bonchev–Trinajstić information content (AvgIpc) is 2.01. The van der Waals surface area contributed by atoms with Crippen LogP contribution in [0.25, 0.3) is 0 Å². The van der Waals surface area contributed by atoms with E-state index in [1.165, 1.54) is 30.4 Å². The maximum Gasteiger partial charge on any atom is -0.0104 e. The lowest BCUT2D eigenvalue weighted by Gasteiger charge is -2.32. The average molecular weight is 189 g/mol. The third-order valence-electron chi connectivity index (χ3n) is 3.06. The first-order chi connectivity index (χ1) is 6.43.